The summed E-state index contributed by atoms with van der Waals surface area (Å²) in [4.78, 5) is 15.4. The van der Waals surface area contributed by atoms with Gasteiger partial charge < -0.3 is 10.1 Å². The second kappa shape index (κ2) is 5.48. The number of carbonyl (C=O) groups excluding carboxylic acids is 1. The SMILES string of the molecule is CCOC(=O)CC=Cc1cnc2c(c1)CCN2. The Labute approximate surface area is 101 Å². The molecule has 0 spiro atoms. The quantitative estimate of drug-likeness (QED) is 0.807. The average Bonchev–Trinajstić information content (AvgIpc) is 2.76. The third kappa shape index (κ3) is 3.06. The maximum Gasteiger partial charge on any atom is 0.309 e. The Morgan fingerprint density at radius 3 is 3.35 bits per heavy atom. The van der Waals surface area contributed by atoms with Crippen LogP contribution in [-0.4, -0.2) is 24.1 Å². The van der Waals surface area contributed by atoms with Gasteiger partial charge in [0.25, 0.3) is 0 Å². The lowest BCUT2D eigenvalue weighted by Crippen LogP contribution is -2.01. The minimum atomic E-state index is -0.195. The van der Waals surface area contributed by atoms with Crippen molar-refractivity contribution in [3.05, 3.63) is 29.5 Å². The molecule has 1 aliphatic rings. The molecule has 1 N–H and O–H groups in total. The van der Waals surface area contributed by atoms with Crippen molar-refractivity contribution in [2.75, 3.05) is 18.5 Å². The zero-order valence-electron chi connectivity index (χ0n) is 9.90. The normalized spacial score (nSPS) is 13.5. The molecule has 0 atom stereocenters. The zero-order chi connectivity index (χ0) is 12.1. The van der Waals surface area contributed by atoms with Crippen LogP contribution in [0.25, 0.3) is 6.08 Å². The van der Waals surface area contributed by atoms with Crippen LogP contribution in [0.5, 0.6) is 0 Å². The number of carbonyl (C=O) groups is 1. The molecule has 0 fully saturated rings. The molecule has 1 aromatic rings. The van der Waals surface area contributed by atoms with Crippen molar-refractivity contribution in [1.29, 1.82) is 0 Å². The van der Waals surface area contributed by atoms with Crippen LogP contribution < -0.4 is 5.32 Å². The molecule has 0 unspecified atom stereocenters. The Hall–Kier alpha value is -1.84. The van der Waals surface area contributed by atoms with E-state index in [4.69, 9.17) is 4.74 Å². The van der Waals surface area contributed by atoms with Gasteiger partial charge in [0, 0.05) is 12.7 Å². The molecule has 1 aromatic heterocycles. The standard InChI is InChI=1S/C13H16N2O2/c1-2-17-12(16)5-3-4-10-8-11-6-7-14-13(11)15-9-10/h3-4,8-9H,2,5-7H2,1H3,(H,14,15). The van der Waals surface area contributed by atoms with Crippen molar-refractivity contribution >= 4 is 17.9 Å². The average molecular weight is 232 g/mol. The van der Waals surface area contributed by atoms with Crippen molar-refractivity contribution in [3.63, 3.8) is 0 Å². The van der Waals surface area contributed by atoms with E-state index in [2.05, 4.69) is 16.4 Å². The van der Waals surface area contributed by atoms with E-state index in [1.165, 1.54) is 5.56 Å². The summed E-state index contributed by atoms with van der Waals surface area (Å²) < 4.78 is 4.84. The van der Waals surface area contributed by atoms with Gasteiger partial charge in [-0.3, -0.25) is 4.79 Å². The topological polar surface area (TPSA) is 51.2 Å². The van der Waals surface area contributed by atoms with Crippen LogP contribution >= 0.6 is 0 Å². The number of ether oxygens (including phenoxy) is 1. The van der Waals surface area contributed by atoms with Crippen LogP contribution in [-0.2, 0) is 16.0 Å². The highest BCUT2D eigenvalue weighted by atomic mass is 16.5. The van der Waals surface area contributed by atoms with Gasteiger partial charge in [-0.25, -0.2) is 4.98 Å². The number of nitrogens with one attached hydrogen (secondary N) is 1. The summed E-state index contributed by atoms with van der Waals surface area (Å²) in [6.45, 7) is 3.19. The fraction of sp³-hybridized carbons (Fsp3) is 0.385. The molecule has 0 radical (unpaired) electrons. The summed E-state index contributed by atoms with van der Waals surface area (Å²) in [5, 5.41) is 3.21. The maximum absolute atomic E-state index is 11.1. The molecule has 0 amide bonds. The molecule has 17 heavy (non-hydrogen) atoms. The molecule has 2 heterocycles. The second-order valence-corrected chi connectivity index (χ2v) is 3.86. The number of nitrogens with zero attached hydrogens (tertiary/aromatic N) is 1. The van der Waals surface area contributed by atoms with Gasteiger partial charge >= 0.3 is 5.97 Å². The van der Waals surface area contributed by atoms with Gasteiger partial charge in [-0.2, -0.15) is 0 Å². The van der Waals surface area contributed by atoms with Crippen LogP contribution in [0.1, 0.15) is 24.5 Å². The lowest BCUT2D eigenvalue weighted by atomic mass is 10.1. The highest BCUT2D eigenvalue weighted by Crippen LogP contribution is 2.20. The number of rotatable bonds is 4. The van der Waals surface area contributed by atoms with Crippen molar-refractivity contribution in [2.24, 2.45) is 0 Å². The first-order valence-corrected chi connectivity index (χ1v) is 5.84. The van der Waals surface area contributed by atoms with Gasteiger partial charge in [-0.1, -0.05) is 12.2 Å². The highest BCUT2D eigenvalue weighted by molar-refractivity contribution is 5.72. The number of anilines is 1. The number of fused-ring (bicyclic) bond motifs is 1. The first-order valence-electron chi connectivity index (χ1n) is 5.84. The number of esters is 1. The van der Waals surface area contributed by atoms with Gasteiger partial charge in [-0.15, -0.1) is 0 Å². The first kappa shape index (κ1) is 11.6. The Morgan fingerprint density at radius 2 is 2.53 bits per heavy atom. The van der Waals surface area contributed by atoms with Crippen LogP contribution in [0, 0.1) is 0 Å². The Morgan fingerprint density at radius 1 is 1.65 bits per heavy atom. The second-order valence-electron chi connectivity index (χ2n) is 3.86. The van der Waals surface area contributed by atoms with Crippen LogP contribution in [0.2, 0.25) is 0 Å². The summed E-state index contributed by atoms with van der Waals surface area (Å²) in [7, 11) is 0. The largest absolute Gasteiger partial charge is 0.466 e. The van der Waals surface area contributed by atoms with Crippen LogP contribution in [0.15, 0.2) is 18.3 Å². The van der Waals surface area contributed by atoms with E-state index in [0.717, 1.165) is 24.3 Å². The smallest absolute Gasteiger partial charge is 0.309 e. The van der Waals surface area contributed by atoms with E-state index in [1.807, 2.05) is 12.2 Å². The predicted octanol–water partition coefficient (Wildman–Crippen LogP) is 2.02. The molecule has 2 rings (SSSR count). The van der Waals surface area contributed by atoms with Gasteiger partial charge in [0.15, 0.2) is 0 Å². The lowest BCUT2D eigenvalue weighted by Gasteiger charge is -2.00. The van der Waals surface area contributed by atoms with E-state index in [0.29, 0.717) is 13.0 Å². The predicted molar refractivity (Wildman–Crippen MR) is 66.7 cm³/mol. The van der Waals surface area contributed by atoms with Crippen molar-refractivity contribution in [3.8, 4) is 0 Å². The van der Waals surface area contributed by atoms with Crippen molar-refractivity contribution in [1.82, 2.24) is 4.98 Å². The number of aromatic nitrogens is 1. The van der Waals surface area contributed by atoms with Gasteiger partial charge in [0.2, 0.25) is 0 Å². The molecule has 0 aliphatic carbocycles. The molecule has 0 saturated heterocycles. The third-order valence-corrected chi connectivity index (χ3v) is 2.57. The van der Waals surface area contributed by atoms with E-state index < -0.39 is 0 Å². The fourth-order valence-corrected chi connectivity index (χ4v) is 1.80. The van der Waals surface area contributed by atoms with E-state index in [-0.39, 0.29) is 5.97 Å². The first-order chi connectivity index (χ1) is 8.29. The third-order valence-electron chi connectivity index (χ3n) is 2.57. The summed E-state index contributed by atoms with van der Waals surface area (Å²) in [6, 6.07) is 2.10. The molecular weight excluding hydrogens is 216 g/mol. The van der Waals surface area contributed by atoms with Crippen LogP contribution in [0.4, 0.5) is 5.82 Å². The highest BCUT2D eigenvalue weighted by Gasteiger charge is 2.10. The molecule has 0 saturated carbocycles. The maximum atomic E-state index is 11.1. The Bertz CT molecular complexity index is 441. The van der Waals surface area contributed by atoms with Crippen molar-refractivity contribution in [2.45, 2.75) is 19.8 Å². The minimum Gasteiger partial charge on any atom is -0.466 e. The fourth-order valence-electron chi connectivity index (χ4n) is 1.80. The summed E-state index contributed by atoms with van der Waals surface area (Å²) in [5.41, 5.74) is 2.26. The monoisotopic (exact) mass is 232 g/mol. The van der Waals surface area contributed by atoms with Crippen molar-refractivity contribution < 1.29 is 9.53 Å². The summed E-state index contributed by atoms with van der Waals surface area (Å²) in [6.07, 6.45) is 6.84. The number of hydrogen-bond donors (Lipinski definition) is 1. The van der Waals surface area contributed by atoms with Gasteiger partial charge in [0.1, 0.15) is 5.82 Å². The molecule has 0 aromatic carbocycles. The zero-order valence-corrected chi connectivity index (χ0v) is 9.90. The lowest BCUT2D eigenvalue weighted by molar-refractivity contribution is -0.142. The molecular formula is C13H16N2O2. The van der Waals surface area contributed by atoms with E-state index >= 15 is 0 Å². The molecule has 1 aliphatic heterocycles. The Balaban J connectivity index is 1.95. The summed E-state index contributed by atoms with van der Waals surface area (Å²) >= 11 is 0. The summed E-state index contributed by atoms with van der Waals surface area (Å²) in [5.74, 6) is 0.784. The van der Waals surface area contributed by atoms with Gasteiger partial charge in [-0.05, 0) is 30.5 Å². The van der Waals surface area contributed by atoms with E-state index in [1.54, 1.807) is 13.1 Å². The number of hydrogen-bond acceptors (Lipinski definition) is 4. The molecule has 0 bridgehead atoms. The van der Waals surface area contributed by atoms with Gasteiger partial charge in [0.05, 0.1) is 13.0 Å². The Kier molecular flexibility index (Phi) is 3.75. The molecule has 4 nitrogen and oxygen atoms in total. The molecule has 90 valence electrons. The minimum absolute atomic E-state index is 0.195. The van der Waals surface area contributed by atoms with E-state index in [9.17, 15) is 4.79 Å². The number of pyridine rings is 1. The van der Waals surface area contributed by atoms with Crippen LogP contribution in [0.3, 0.4) is 0 Å². The molecule has 4 heteroatoms.